The number of amides is 1. The van der Waals surface area contributed by atoms with E-state index in [4.69, 9.17) is 19.3 Å². The van der Waals surface area contributed by atoms with Crippen LogP contribution in [0, 0.1) is 0 Å². The average molecular weight is 385 g/mol. The van der Waals surface area contributed by atoms with Gasteiger partial charge in [-0.1, -0.05) is 18.2 Å². The lowest BCUT2D eigenvalue weighted by molar-refractivity contribution is -0.139. The minimum atomic E-state index is -1.08. The second kappa shape index (κ2) is 9.12. The highest BCUT2D eigenvalue weighted by molar-refractivity contribution is 5.95. The molecule has 0 saturated heterocycles. The van der Waals surface area contributed by atoms with Gasteiger partial charge in [0.05, 0.1) is 19.3 Å². The van der Waals surface area contributed by atoms with Crippen LogP contribution in [0.5, 0.6) is 17.2 Å². The van der Waals surface area contributed by atoms with Gasteiger partial charge in [-0.2, -0.15) is 0 Å². The quantitative estimate of drug-likeness (QED) is 0.760. The average Bonchev–Trinajstić information content (AvgIpc) is 2.89. The highest BCUT2D eigenvalue weighted by atomic mass is 16.5. The maximum Gasteiger partial charge on any atom is 0.341 e. The Morgan fingerprint density at radius 3 is 2.79 bits per heavy atom. The first-order chi connectivity index (χ1) is 13.6. The van der Waals surface area contributed by atoms with Crippen LogP contribution >= 0.6 is 0 Å². The van der Waals surface area contributed by atoms with Crippen LogP contribution in [0.15, 0.2) is 42.5 Å². The summed E-state index contributed by atoms with van der Waals surface area (Å²) in [6.45, 7) is 2.30. The van der Waals surface area contributed by atoms with Gasteiger partial charge in [-0.25, -0.2) is 4.79 Å². The summed E-state index contributed by atoms with van der Waals surface area (Å²) in [5.41, 5.74) is 1.37. The zero-order valence-corrected chi connectivity index (χ0v) is 15.6. The van der Waals surface area contributed by atoms with Crippen molar-refractivity contribution in [3.63, 3.8) is 0 Å². The Kier molecular flexibility index (Phi) is 6.37. The van der Waals surface area contributed by atoms with Gasteiger partial charge < -0.3 is 24.6 Å². The summed E-state index contributed by atoms with van der Waals surface area (Å²) in [7, 11) is 0. The number of fused-ring (bicyclic) bond motifs is 1. The molecule has 0 radical (unpaired) electrons. The molecule has 2 aromatic carbocycles. The molecule has 0 unspecified atom stereocenters. The highest BCUT2D eigenvalue weighted by Crippen LogP contribution is 2.32. The van der Waals surface area contributed by atoms with Gasteiger partial charge in [0.15, 0.2) is 18.1 Å². The van der Waals surface area contributed by atoms with Crippen LogP contribution in [0.3, 0.4) is 0 Å². The number of para-hydroxylation sites is 1. The van der Waals surface area contributed by atoms with Gasteiger partial charge in [0.1, 0.15) is 5.75 Å². The second-order valence-electron chi connectivity index (χ2n) is 6.33. The Balaban J connectivity index is 1.78. The van der Waals surface area contributed by atoms with Crippen LogP contribution in [-0.4, -0.2) is 36.8 Å². The Morgan fingerprint density at radius 1 is 1.18 bits per heavy atom. The molecule has 1 aliphatic heterocycles. The normalized spacial score (nSPS) is 15.5. The SMILES string of the molecule is CCOc1cc(C(=O)N[C@H]2CCCOc3ccccc32)ccc1OCC(=O)O. The Labute approximate surface area is 163 Å². The summed E-state index contributed by atoms with van der Waals surface area (Å²) in [6, 6.07) is 12.3. The molecule has 1 heterocycles. The highest BCUT2D eigenvalue weighted by Gasteiger charge is 2.22. The number of carboxylic acids is 1. The van der Waals surface area contributed by atoms with Crippen LogP contribution < -0.4 is 19.5 Å². The molecular formula is C21H23NO6. The predicted molar refractivity (Wildman–Crippen MR) is 102 cm³/mol. The van der Waals surface area contributed by atoms with E-state index in [1.807, 2.05) is 24.3 Å². The van der Waals surface area contributed by atoms with Gasteiger partial charge in [-0.3, -0.25) is 4.79 Å². The molecule has 1 amide bonds. The summed E-state index contributed by atoms with van der Waals surface area (Å²) >= 11 is 0. The smallest absolute Gasteiger partial charge is 0.341 e. The van der Waals surface area contributed by atoms with Gasteiger partial charge >= 0.3 is 5.97 Å². The fourth-order valence-corrected chi connectivity index (χ4v) is 3.09. The molecule has 2 aromatic rings. The summed E-state index contributed by atoms with van der Waals surface area (Å²) in [4.78, 5) is 23.6. The molecule has 7 nitrogen and oxygen atoms in total. The van der Waals surface area contributed by atoms with Crippen molar-refractivity contribution in [2.24, 2.45) is 0 Å². The Bertz CT molecular complexity index is 851. The summed E-state index contributed by atoms with van der Waals surface area (Å²) in [5, 5.41) is 11.8. The molecule has 1 aliphatic rings. The third-order valence-electron chi connectivity index (χ3n) is 4.35. The first-order valence-electron chi connectivity index (χ1n) is 9.22. The monoisotopic (exact) mass is 385 g/mol. The first-order valence-corrected chi connectivity index (χ1v) is 9.22. The number of hydrogen-bond acceptors (Lipinski definition) is 5. The van der Waals surface area contributed by atoms with E-state index in [0.717, 1.165) is 24.2 Å². The molecule has 0 fully saturated rings. The molecule has 0 bridgehead atoms. The number of nitrogens with one attached hydrogen (secondary N) is 1. The van der Waals surface area contributed by atoms with Crippen molar-refractivity contribution in [3.05, 3.63) is 53.6 Å². The lowest BCUT2D eigenvalue weighted by Crippen LogP contribution is -2.28. The van der Waals surface area contributed by atoms with Crippen LogP contribution in [0.4, 0.5) is 0 Å². The van der Waals surface area contributed by atoms with Gasteiger partial charge in [0, 0.05) is 11.1 Å². The van der Waals surface area contributed by atoms with Crippen LogP contribution in [-0.2, 0) is 4.79 Å². The van der Waals surface area contributed by atoms with E-state index in [-0.39, 0.29) is 17.7 Å². The zero-order valence-electron chi connectivity index (χ0n) is 15.6. The van der Waals surface area contributed by atoms with Crippen molar-refractivity contribution in [1.29, 1.82) is 0 Å². The third kappa shape index (κ3) is 4.73. The molecule has 3 rings (SSSR count). The molecule has 1 atom stereocenters. The van der Waals surface area contributed by atoms with Crippen molar-refractivity contribution in [3.8, 4) is 17.2 Å². The second-order valence-corrected chi connectivity index (χ2v) is 6.33. The topological polar surface area (TPSA) is 94.1 Å². The number of carboxylic acid groups (broad SMARTS) is 1. The fraction of sp³-hybridized carbons (Fsp3) is 0.333. The molecule has 148 valence electrons. The van der Waals surface area contributed by atoms with E-state index in [0.29, 0.717) is 24.5 Å². The number of hydrogen-bond donors (Lipinski definition) is 2. The minimum absolute atomic E-state index is 0.148. The van der Waals surface area contributed by atoms with E-state index in [9.17, 15) is 9.59 Å². The van der Waals surface area contributed by atoms with Crippen molar-refractivity contribution in [1.82, 2.24) is 5.32 Å². The van der Waals surface area contributed by atoms with Crippen LogP contribution in [0.25, 0.3) is 0 Å². The van der Waals surface area contributed by atoms with Gasteiger partial charge in [-0.05, 0) is 44.0 Å². The van der Waals surface area contributed by atoms with Crippen molar-refractivity contribution >= 4 is 11.9 Å². The van der Waals surface area contributed by atoms with Crippen molar-refractivity contribution in [2.75, 3.05) is 19.8 Å². The minimum Gasteiger partial charge on any atom is -0.493 e. The van der Waals surface area contributed by atoms with E-state index in [2.05, 4.69) is 5.32 Å². The van der Waals surface area contributed by atoms with E-state index in [1.54, 1.807) is 25.1 Å². The number of carbonyl (C=O) groups is 2. The lowest BCUT2D eigenvalue weighted by Gasteiger charge is -2.19. The zero-order chi connectivity index (χ0) is 19.9. The number of benzene rings is 2. The Hall–Kier alpha value is -3.22. The number of aliphatic carboxylic acids is 1. The summed E-state index contributed by atoms with van der Waals surface area (Å²) in [5.74, 6) is 0.0821. The molecule has 0 spiro atoms. The summed E-state index contributed by atoms with van der Waals surface area (Å²) < 4.78 is 16.5. The number of ether oxygens (including phenoxy) is 3. The van der Waals surface area contributed by atoms with Crippen LogP contribution in [0.1, 0.15) is 41.7 Å². The first kappa shape index (κ1) is 19.5. The molecule has 2 N–H and O–H groups in total. The van der Waals surface area contributed by atoms with Gasteiger partial charge in [0.2, 0.25) is 0 Å². The molecule has 0 aliphatic carbocycles. The summed E-state index contributed by atoms with van der Waals surface area (Å²) in [6.07, 6.45) is 1.62. The number of rotatable bonds is 7. The standard InChI is InChI=1S/C21H23NO6/c1-2-26-19-12-14(9-10-18(19)28-13-20(23)24)21(25)22-16-7-5-11-27-17-8-4-3-6-15(16)17/h3-4,6,8-10,12,16H,2,5,7,11,13H2,1H3,(H,22,25)(H,23,24)/t16-/m0/s1. The lowest BCUT2D eigenvalue weighted by atomic mass is 10.0. The molecule has 7 heteroatoms. The largest absolute Gasteiger partial charge is 0.493 e. The maximum absolute atomic E-state index is 12.8. The van der Waals surface area contributed by atoms with Crippen molar-refractivity contribution < 1.29 is 28.9 Å². The maximum atomic E-state index is 12.8. The fourth-order valence-electron chi connectivity index (χ4n) is 3.09. The third-order valence-corrected chi connectivity index (χ3v) is 4.35. The molecule has 0 aromatic heterocycles. The predicted octanol–water partition coefficient (Wildman–Crippen LogP) is 3.19. The van der Waals surface area contributed by atoms with Gasteiger partial charge in [-0.15, -0.1) is 0 Å². The van der Waals surface area contributed by atoms with Crippen molar-refractivity contribution in [2.45, 2.75) is 25.8 Å². The van der Waals surface area contributed by atoms with Crippen LogP contribution in [0.2, 0.25) is 0 Å². The Morgan fingerprint density at radius 2 is 2.00 bits per heavy atom. The van der Waals surface area contributed by atoms with E-state index >= 15 is 0 Å². The molecule has 0 saturated carbocycles. The number of carbonyl (C=O) groups excluding carboxylic acids is 1. The van der Waals surface area contributed by atoms with E-state index < -0.39 is 12.6 Å². The van der Waals surface area contributed by atoms with Gasteiger partial charge in [0.25, 0.3) is 5.91 Å². The molecule has 28 heavy (non-hydrogen) atoms. The van der Waals surface area contributed by atoms with E-state index in [1.165, 1.54) is 0 Å². The molecular weight excluding hydrogens is 362 g/mol.